The SMILES string of the molecule is C[C@@H](Sc1ccc(S(=O)(=O)N2CC[NH+](C)CC2)cn1)C(=O)NC1CCCCC1. The zero-order valence-corrected chi connectivity index (χ0v) is 18.3. The van der Waals surface area contributed by atoms with Crippen LogP contribution in [0, 0.1) is 0 Å². The Labute approximate surface area is 172 Å². The van der Waals surface area contributed by atoms with E-state index in [9.17, 15) is 13.2 Å². The van der Waals surface area contributed by atoms with E-state index in [1.807, 2.05) is 6.92 Å². The van der Waals surface area contributed by atoms with E-state index >= 15 is 0 Å². The zero-order valence-electron chi connectivity index (χ0n) is 16.7. The third-order valence-corrected chi connectivity index (χ3v) is 8.47. The van der Waals surface area contributed by atoms with Crippen molar-refractivity contribution in [1.82, 2.24) is 14.6 Å². The zero-order chi connectivity index (χ0) is 20.1. The molecule has 156 valence electrons. The van der Waals surface area contributed by atoms with Gasteiger partial charge in [0.05, 0.1) is 43.5 Å². The molecule has 0 radical (unpaired) electrons. The van der Waals surface area contributed by atoms with Crippen LogP contribution in [-0.4, -0.2) is 68.1 Å². The number of carbonyl (C=O) groups is 1. The average Bonchev–Trinajstić information content (AvgIpc) is 2.69. The van der Waals surface area contributed by atoms with E-state index in [1.165, 1.54) is 46.4 Å². The predicted octanol–water partition coefficient (Wildman–Crippen LogP) is 0.530. The first-order valence-electron chi connectivity index (χ1n) is 10.1. The van der Waals surface area contributed by atoms with Crippen LogP contribution < -0.4 is 10.2 Å². The highest BCUT2D eigenvalue weighted by Crippen LogP contribution is 2.24. The summed E-state index contributed by atoms with van der Waals surface area (Å²) in [6.07, 6.45) is 7.14. The van der Waals surface area contributed by atoms with Gasteiger partial charge in [-0.2, -0.15) is 4.31 Å². The molecule has 1 saturated carbocycles. The highest BCUT2D eigenvalue weighted by molar-refractivity contribution is 8.00. The maximum Gasteiger partial charge on any atom is 0.245 e. The topological polar surface area (TPSA) is 83.8 Å². The number of quaternary nitrogens is 1. The summed E-state index contributed by atoms with van der Waals surface area (Å²) in [5, 5.41) is 3.52. The molecule has 28 heavy (non-hydrogen) atoms. The lowest BCUT2D eigenvalue weighted by Gasteiger charge is -2.29. The Morgan fingerprint density at radius 1 is 1.25 bits per heavy atom. The third-order valence-electron chi connectivity index (χ3n) is 5.54. The standard InChI is InChI=1S/C19H30N4O3S2/c1-15(19(24)21-16-6-4-3-5-7-16)27-18-9-8-17(14-20-18)28(25,26)23-12-10-22(2)11-13-23/h8-9,14-16H,3-7,10-13H2,1-2H3,(H,21,24)/p+1/t15-/m1/s1. The number of aromatic nitrogens is 1. The molecule has 0 unspecified atom stereocenters. The lowest BCUT2D eigenvalue weighted by Crippen LogP contribution is -3.12. The molecule has 1 aromatic heterocycles. The molecule has 2 N–H and O–H groups in total. The van der Waals surface area contributed by atoms with Crippen LogP contribution in [0.25, 0.3) is 0 Å². The van der Waals surface area contributed by atoms with Crippen LogP contribution >= 0.6 is 11.8 Å². The average molecular weight is 428 g/mol. The molecule has 1 saturated heterocycles. The van der Waals surface area contributed by atoms with Gasteiger partial charge < -0.3 is 10.2 Å². The summed E-state index contributed by atoms with van der Waals surface area (Å²) in [5.74, 6) is 0.0235. The first-order chi connectivity index (χ1) is 13.4. The van der Waals surface area contributed by atoms with Crippen LogP contribution in [0.5, 0.6) is 0 Å². The van der Waals surface area contributed by atoms with Gasteiger partial charge in [0, 0.05) is 12.2 Å². The van der Waals surface area contributed by atoms with E-state index in [-0.39, 0.29) is 22.1 Å². The van der Waals surface area contributed by atoms with Crippen molar-refractivity contribution < 1.29 is 18.1 Å². The molecule has 2 fully saturated rings. The summed E-state index contributed by atoms with van der Waals surface area (Å²) in [5.41, 5.74) is 0. The van der Waals surface area contributed by atoms with Gasteiger partial charge >= 0.3 is 0 Å². The van der Waals surface area contributed by atoms with Crippen LogP contribution in [0.2, 0.25) is 0 Å². The summed E-state index contributed by atoms with van der Waals surface area (Å²) in [4.78, 5) is 18.3. The molecule has 0 aromatic carbocycles. The fraction of sp³-hybridized carbons (Fsp3) is 0.684. The molecule has 3 rings (SSSR count). The molecular weight excluding hydrogens is 396 g/mol. The summed E-state index contributed by atoms with van der Waals surface area (Å²) in [6.45, 7) is 4.55. The molecular formula is C19H31N4O3S2+. The Morgan fingerprint density at radius 2 is 1.93 bits per heavy atom. The third kappa shape index (κ3) is 5.46. The van der Waals surface area contributed by atoms with E-state index in [1.54, 1.807) is 12.1 Å². The molecule has 1 aliphatic carbocycles. The van der Waals surface area contributed by atoms with Gasteiger partial charge in [0.25, 0.3) is 0 Å². The number of hydrogen-bond donors (Lipinski definition) is 2. The molecule has 1 aromatic rings. The quantitative estimate of drug-likeness (QED) is 0.647. The van der Waals surface area contributed by atoms with Gasteiger partial charge in [-0.25, -0.2) is 13.4 Å². The van der Waals surface area contributed by atoms with Gasteiger partial charge in [0.2, 0.25) is 15.9 Å². The number of nitrogens with one attached hydrogen (secondary N) is 2. The van der Waals surface area contributed by atoms with E-state index in [0.29, 0.717) is 18.1 Å². The first-order valence-corrected chi connectivity index (χ1v) is 12.4. The summed E-state index contributed by atoms with van der Waals surface area (Å²) >= 11 is 1.36. The maximum absolute atomic E-state index is 12.8. The molecule has 1 amide bonds. The lowest BCUT2D eigenvalue weighted by atomic mass is 9.95. The predicted molar refractivity (Wildman–Crippen MR) is 110 cm³/mol. The van der Waals surface area contributed by atoms with Crippen molar-refractivity contribution in [2.24, 2.45) is 0 Å². The minimum absolute atomic E-state index is 0.0235. The van der Waals surface area contributed by atoms with Gasteiger partial charge in [-0.15, -0.1) is 0 Å². The first kappa shape index (κ1) is 21.5. The molecule has 1 atom stereocenters. The van der Waals surface area contributed by atoms with Crippen molar-refractivity contribution in [2.75, 3.05) is 33.2 Å². The number of nitrogens with zero attached hydrogens (tertiary/aromatic N) is 2. The van der Waals surface area contributed by atoms with E-state index in [0.717, 1.165) is 25.9 Å². The second-order valence-electron chi connectivity index (χ2n) is 7.80. The van der Waals surface area contributed by atoms with Crippen molar-refractivity contribution >= 4 is 27.7 Å². The Morgan fingerprint density at radius 3 is 2.54 bits per heavy atom. The molecule has 0 spiro atoms. The smallest absolute Gasteiger partial charge is 0.245 e. The van der Waals surface area contributed by atoms with Crippen LogP contribution in [-0.2, 0) is 14.8 Å². The molecule has 2 aliphatic rings. The van der Waals surface area contributed by atoms with E-state index < -0.39 is 10.0 Å². The van der Waals surface area contributed by atoms with Gasteiger partial charge in [0.15, 0.2) is 0 Å². The van der Waals surface area contributed by atoms with Crippen molar-refractivity contribution in [3.05, 3.63) is 18.3 Å². The van der Waals surface area contributed by atoms with Crippen molar-refractivity contribution in [3.63, 3.8) is 0 Å². The van der Waals surface area contributed by atoms with Crippen molar-refractivity contribution in [2.45, 2.75) is 60.2 Å². The fourth-order valence-corrected chi connectivity index (χ4v) is 5.83. The van der Waals surface area contributed by atoms with Crippen LogP contribution in [0.1, 0.15) is 39.0 Å². The fourth-order valence-electron chi connectivity index (χ4n) is 3.65. The monoisotopic (exact) mass is 427 g/mol. The van der Waals surface area contributed by atoms with Gasteiger partial charge in [-0.05, 0) is 31.9 Å². The summed E-state index contributed by atoms with van der Waals surface area (Å²) < 4.78 is 27.1. The highest BCUT2D eigenvalue weighted by Gasteiger charge is 2.29. The van der Waals surface area contributed by atoms with Gasteiger partial charge in [-0.3, -0.25) is 4.79 Å². The molecule has 9 heteroatoms. The van der Waals surface area contributed by atoms with Crippen molar-refractivity contribution in [1.29, 1.82) is 0 Å². The summed E-state index contributed by atoms with van der Waals surface area (Å²) in [7, 11) is -1.42. The molecule has 0 bridgehead atoms. The Bertz CT molecular complexity index is 756. The number of sulfonamides is 1. The number of amides is 1. The van der Waals surface area contributed by atoms with Crippen LogP contribution in [0.4, 0.5) is 0 Å². The normalized spacial score (nSPS) is 21.4. The Kier molecular flexibility index (Phi) is 7.36. The van der Waals surface area contributed by atoms with Gasteiger partial charge in [0.1, 0.15) is 4.90 Å². The largest absolute Gasteiger partial charge is 0.352 e. The minimum Gasteiger partial charge on any atom is -0.352 e. The number of thioether (sulfide) groups is 1. The molecule has 2 heterocycles. The van der Waals surface area contributed by atoms with E-state index in [2.05, 4.69) is 17.3 Å². The minimum atomic E-state index is -3.50. The van der Waals surface area contributed by atoms with E-state index in [4.69, 9.17) is 0 Å². The maximum atomic E-state index is 12.8. The molecule has 1 aliphatic heterocycles. The number of carbonyl (C=O) groups excluding carboxylic acids is 1. The number of pyridine rings is 1. The van der Waals surface area contributed by atoms with Gasteiger partial charge in [-0.1, -0.05) is 31.0 Å². The lowest BCUT2D eigenvalue weighted by molar-refractivity contribution is -0.883. The number of rotatable bonds is 6. The highest BCUT2D eigenvalue weighted by atomic mass is 32.2. The van der Waals surface area contributed by atoms with Crippen LogP contribution in [0.15, 0.2) is 28.3 Å². The van der Waals surface area contributed by atoms with Crippen LogP contribution in [0.3, 0.4) is 0 Å². The number of piperazine rings is 1. The molecule has 7 nitrogen and oxygen atoms in total. The Balaban J connectivity index is 1.56. The van der Waals surface area contributed by atoms with Crippen molar-refractivity contribution in [3.8, 4) is 0 Å². The Hall–Kier alpha value is -1.16. The number of hydrogen-bond acceptors (Lipinski definition) is 5. The second kappa shape index (κ2) is 9.56. The summed E-state index contributed by atoms with van der Waals surface area (Å²) in [6, 6.07) is 3.58. The second-order valence-corrected chi connectivity index (χ2v) is 11.1. The number of likely N-dealkylation sites (N-methyl/N-ethyl adjacent to an activating group) is 1.